The first kappa shape index (κ1) is 31.7. The fourth-order valence-corrected chi connectivity index (χ4v) is 9.07. The summed E-state index contributed by atoms with van der Waals surface area (Å²) in [7, 11) is 0. The number of hydrogen-bond donors (Lipinski definition) is 0. The molecule has 0 N–H and O–H groups in total. The molecule has 3 heteroatoms. The molecule has 3 nitrogen and oxygen atoms in total. The summed E-state index contributed by atoms with van der Waals surface area (Å²) in [5.41, 5.74) is 10.9. The topological polar surface area (TPSA) is 21.3 Å². The highest BCUT2D eigenvalue weighted by Gasteiger charge is 2.21. The summed E-state index contributed by atoms with van der Waals surface area (Å²) in [5.74, 6) is 0. The van der Waals surface area contributed by atoms with Gasteiger partial charge in [-0.15, -0.1) is 0 Å². The molecule has 0 unspecified atom stereocenters. The van der Waals surface area contributed by atoms with E-state index in [9.17, 15) is 0 Å². The van der Waals surface area contributed by atoms with Crippen LogP contribution >= 0.6 is 0 Å². The lowest BCUT2D eigenvalue weighted by atomic mass is 10.0. The molecule has 12 aromatic rings. The highest BCUT2D eigenvalue weighted by atomic mass is 16.3. The third-order valence-corrected chi connectivity index (χ3v) is 11.7. The van der Waals surface area contributed by atoms with Crippen molar-refractivity contribution >= 4 is 93.1 Å². The maximum absolute atomic E-state index is 6.67. The van der Waals surface area contributed by atoms with Gasteiger partial charge < -0.3 is 13.9 Å². The molecule has 0 radical (unpaired) electrons. The average molecular weight is 727 g/mol. The minimum absolute atomic E-state index is 0.871. The monoisotopic (exact) mass is 726 g/mol. The summed E-state index contributed by atoms with van der Waals surface area (Å²) in [6.07, 6.45) is 0. The highest BCUT2D eigenvalue weighted by molar-refractivity contribution is 6.20. The van der Waals surface area contributed by atoms with E-state index in [1.165, 1.54) is 54.3 Å². The van der Waals surface area contributed by atoms with E-state index < -0.39 is 0 Å². The molecule has 2 heterocycles. The number of fused-ring (bicyclic) bond motifs is 11. The minimum atomic E-state index is 0.871. The number of hydrogen-bond acceptors (Lipinski definition) is 2. The van der Waals surface area contributed by atoms with Crippen LogP contribution in [-0.2, 0) is 0 Å². The Bertz CT molecular complexity index is 3520. The second kappa shape index (κ2) is 12.5. The van der Waals surface area contributed by atoms with Crippen LogP contribution in [0.1, 0.15) is 0 Å². The van der Waals surface area contributed by atoms with E-state index in [1.54, 1.807) is 0 Å². The molecule has 12 rings (SSSR count). The second-order valence-corrected chi connectivity index (χ2v) is 14.9. The summed E-state index contributed by atoms with van der Waals surface area (Å²) < 4.78 is 9.10. The van der Waals surface area contributed by atoms with Crippen molar-refractivity contribution in [1.29, 1.82) is 0 Å². The minimum Gasteiger partial charge on any atom is -0.455 e. The number of furan rings is 1. The molecule has 0 saturated heterocycles. The van der Waals surface area contributed by atoms with E-state index in [4.69, 9.17) is 4.42 Å². The highest BCUT2D eigenvalue weighted by Crippen LogP contribution is 2.45. The maximum Gasteiger partial charge on any atom is 0.143 e. The Morgan fingerprint density at radius 3 is 1.84 bits per heavy atom. The van der Waals surface area contributed by atoms with E-state index in [2.05, 4.69) is 216 Å². The van der Waals surface area contributed by atoms with Gasteiger partial charge in [0.1, 0.15) is 11.2 Å². The lowest BCUT2D eigenvalue weighted by Gasteiger charge is -2.27. The Kier molecular flexibility index (Phi) is 6.93. The summed E-state index contributed by atoms with van der Waals surface area (Å²) >= 11 is 0. The molecule has 0 aliphatic carbocycles. The number of rotatable bonds is 5. The molecular weight excluding hydrogens is 693 g/mol. The summed E-state index contributed by atoms with van der Waals surface area (Å²) in [6, 6.07) is 74.5. The molecule has 2 aromatic heterocycles. The Balaban J connectivity index is 1.04. The smallest absolute Gasteiger partial charge is 0.143 e. The maximum atomic E-state index is 6.67. The van der Waals surface area contributed by atoms with Gasteiger partial charge in [0, 0.05) is 44.0 Å². The van der Waals surface area contributed by atoms with Crippen molar-refractivity contribution in [1.82, 2.24) is 4.57 Å². The SMILES string of the molecule is c1ccc(-n2c3cc(-c4ccc(N(c5ccc6ccccc6c5)c5cccc6oc7c8ccccc8ccc7c56)cc4)ccc3c3ccc4ccccc4c32)cc1. The Hall–Kier alpha value is -7.62. The van der Waals surface area contributed by atoms with Crippen molar-refractivity contribution in [2.24, 2.45) is 0 Å². The third-order valence-electron chi connectivity index (χ3n) is 11.7. The first-order valence-corrected chi connectivity index (χ1v) is 19.5. The lowest BCUT2D eigenvalue weighted by Crippen LogP contribution is -2.10. The van der Waals surface area contributed by atoms with E-state index in [0.717, 1.165) is 55.6 Å². The van der Waals surface area contributed by atoms with Gasteiger partial charge >= 0.3 is 0 Å². The average Bonchev–Trinajstić information content (AvgIpc) is 3.84. The van der Waals surface area contributed by atoms with Gasteiger partial charge in [-0.1, -0.05) is 146 Å². The zero-order valence-electron chi connectivity index (χ0n) is 30.9. The molecule has 0 fully saturated rings. The number of nitrogens with zero attached hydrogens (tertiary/aromatic N) is 2. The fraction of sp³-hybridized carbons (Fsp3) is 0. The Morgan fingerprint density at radius 1 is 0.386 bits per heavy atom. The van der Waals surface area contributed by atoms with Crippen molar-refractivity contribution in [2.75, 3.05) is 4.90 Å². The van der Waals surface area contributed by atoms with Crippen LogP contribution < -0.4 is 4.90 Å². The zero-order chi connectivity index (χ0) is 37.5. The number of benzene rings is 10. The number of aromatic nitrogens is 1. The van der Waals surface area contributed by atoms with Crippen LogP contribution in [-0.4, -0.2) is 4.57 Å². The fourth-order valence-electron chi connectivity index (χ4n) is 9.07. The van der Waals surface area contributed by atoms with Crippen molar-refractivity contribution in [3.63, 3.8) is 0 Å². The van der Waals surface area contributed by atoms with Crippen molar-refractivity contribution in [3.05, 3.63) is 206 Å². The molecule has 266 valence electrons. The van der Waals surface area contributed by atoms with E-state index >= 15 is 0 Å². The van der Waals surface area contributed by atoms with E-state index in [0.29, 0.717) is 0 Å². The van der Waals surface area contributed by atoms with Gasteiger partial charge in [-0.05, 0) is 93.3 Å². The predicted molar refractivity (Wildman–Crippen MR) is 241 cm³/mol. The summed E-state index contributed by atoms with van der Waals surface area (Å²) in [5, 5.41) is 11.9. The van der Waals surface area contributed by atoms with Gasteiger partial charge in [-0.3, -0.25) is 0 Å². The van der Waals surface area contributed by atoms with Gasteiger partial charge in [-0.2, -0.15) is 0 Å². The first-order valence-electron chi connectivity index (χ1n) is 19.5. The molecule has 0 saturated carbocycles. The van der Waals surface area contributed by atoms with Crippen LogP contribution in [0.4, 0.5) is 17.1 Å². The van der Waals surface area contributed by atoms with Crippen molar-refractivity contribution < 1.29 is 4.42 Å². The zero-order valence-corrected chi connectivity index (χ0v) is 30.9. The second-order valence-electron chi connectivity index (χ2n) is 14.9. The summed E-state index contributed by atoms with van der Waals surface area (Å²) in [6.45, 7) is 0. The Morgan fingerprint density at radius 2 is 1.02 bits per heavy atom. The molecule has 57 heavy (non-hydrogen) atoms. The normalized spacial score (nSPS) is 11.9. The van der Waals surface area contributed by atoms with Crippen LogP contribution in [0.15, 0.2) is 211 Å². The van der Waals surface area contributed by atoms with E-state index in [-0.39, 0.29) is 0 Å². The van der Waals surface area contributed by atoms with Crippen LogP contribution in [0, 0.1) is 0 Å². The van der Waals surface area contributed by atoms with Crippen LogP contribution in [0.5, 0.6) is 0 Å². The number of para-hydroxylation sites is 1. The van der Waals surface area contributed by atoms with Gasteiger partial charge in [0.15, 0.2) is 0 Å². The molecule has 0 amide bonds. The standard InChI is InChI=1S/C54H34N2O/c1-2-15-41(16-3-1)56-50-34-40(26-30-46(50)47-31-24-37-12-6-8-17-44(37)53(47)56)36-21-27-42(28-22-36)55(43-29-23-35-11-4-5-14-39(35)33-43)49-19-10-20-51-52(49)48-32-25-38-13-7-9-18-45(38)54(48)57-51/h1-34H. The quantitative estimate of drug-likeness (QED) is 0.176. The number of anilines is 3. The Labute approximate surface area is 328 Å². The predicted octanol–water partition coefficient (Wildman–Crippen LogP) is 15.3. The van der Waals surface area contributed by atoms with Gasteiger partial charge in [0.25, 0.3) is 0 Å². The largest absolute Gasteiger partial charge is 0.455 e. The van der Waals surface area contributed by atoms with Crippen LogP contribution in [0.3, 0.4) is 0 Å². The van der Waals surface area contributed by atoms with Gasteiger partial charge in [-0.25, -0.2) is 0 Å². The molecular formula is C54H34N2O. The summed E-state index contributed by atoms with van der Waals surface area (Å²) in [4.78, 5) is 2.38. The molecule has 0 aliphatic rings. The van der Waals surface area contributed by atoms with Gasteiger partial charge in [0.2, 0.25) is 0 Å². The molecule has 10 aromatic carbocycles. The molecule has 0 aliphatic heterocycles. The van der Waals surface area contributed by atoms with Gasteiger partial charge in [0.05, 0.1) is 22.1 Å². The lowest BCUT2D eigenvalue weighted by molar-refractivity contribution is 0.672. The van der Waals surface area contributed by atoms with E-state index in [1.807, 2.05) is 0 Å². The first-order chi connectivity index (χ1) is 28.3. The van der Waals surface area contributed by atoms with Crippen molar-refractivity contribution in [3.8, 4) is 16.8 Å². The molecule has 0 spiro atoms. The van der Waals surface area contributed by atoms with Crippen molar-refractivity contribution in [2.45, 2.75) is 0 Å². The third kappa shape index (κ3) is 4.92. The molecule has 0 atom stereocenters. The van der Waals surface area contributed by atoms with Crippen LogP contribution in [0.25, 0.3) is 92.9 Å². The van der Waals surface area contributed by atoms with Crippen LogP contribution in [0.2, 0.25) is 0 Å². The molecule has 0 bridgehead atoms.